The van der Waals surface area contributed by atoms with Gasteiger partial charge in [-0.15, -0.1) is 11.3 Å². The highest BCUT2D eigenvalue weighted by molar-refractivity contribution is 9.10. The number of aryl methyl sites for hydroxylation is 1. The molecule has 1 fully saturated rings. The molecule has 0 radical (unpaired) electrons. The van der Waals surface area contributed by atoms with Crippen molar-refractivity contribution in [3.8, 4) is 0 Å². The van der Waals surface area contributed by atoms with Crippen LogP contribution in [0.5, 0.6) is 0 Å². The highest BCUT2D eigenvalue weighted by Gasteiger charge is 2.38. The Kier molecular flexibility index (Phi) is 5.14. The van der Waals surface area contributed by atoms with Gasteiger partial charge in [0.2, 0.25) is 0 Å². The fourth-order valence-corrected chi connectivity index (χ4v) is 4.13. The van der Waals surface area contributed by atoms with Gasteiger partial charge in [0, 0.05) is 35.4 Å². The first-order valence-electron chi connectivity index (χ1n) is 7.70. The molecular weight excluding hydrogens is 376 g/mol. The van der Waals surface area contributed by atoms with Gasteiger partial charge in [0.05, 0.1) is 16.6 Å². The molecule has 0 amide bonds. The summed E-state index contributed by atoms with van der Waals surface area (Å²) < 4.78 is 1.01. The van der Waals surface area contributed by atoms with E-state index < -0.39 is 5.97 Å². The number of hydrogen-bond acceptors (Lipinski definition) is 4. The molecule has 23 heavy (non-hydrogen) atoms. The number of carboxylic acid groups (broad SMARTS) is 1. The van der Waals surface area contributed by atoms with Crippen molar-refractivity contribution in [3.63, 3.8) is 0 Å². The van der Waals surface area contributed by atoms with E-state index in [-0.39, 0.29) is 11.8 Å². The van der Waals surface area contributed by atoms with E-state index in [2.05, 4.69) is 38.1 Å². The molecule has 6 heteroatoms. The minimum absolute atomic E-state index is 0.0323. The maximum atomic E-state index is 11.7. The number of aromatic nitrogens is 1. The second-order valence-corrected chi connectivity index (χ2v) is 7.74. The van der Waals surface area contributed by atoms with Crippen LogP contribution in [0.1, 0.15) is 29.1 Å². The first-order valence-corrected chi connectivity index (χ1v) is 9.38. The summed E-state index contributed by atoms with van der Waals surface area (Å²) in [6.07, 6.45) is 0.948. The molecule has 2 heterocycles. The molecule has 1 aromatic heterocycles. The van der Waals surface area contributed by atoms with E-state index in [4.69, 9.17) is 0 Å². The molecule has 1 aliphatic rings. The highest BCUT2D eigenvalue weighted by Crippen LogP contribution is 2.34. The fourth-order valence-electron chi connectivity index (χ4n) is 3.13. The molecule has 1 aromatic carbocycles. The van der Waals surface area contributed by atoms with Crippen LogP contribution in [0.4, 0.5) is 0 Å². The van der Waals surface area contributed by atoms with Gasteiger partial charge in [-0.3, -0.25) is 9.69 Å². The summed E-state index contributed by atoms with van der Waals surface area (Å²) in [5.74, 6) is -1.04. The van der Waals surface area contributed by atoms with Gasteiger partial charge in [-0.2, -0.15) is 0 Å². The summed E-state index contributed by atoms with van der Waals surface area (Å²) in [7, 11) is 0. The van der Waals surface area contributed by atoms with Gasteiger partial charge >= 0.3 is 5.97 Å². The number of carboxylic acids is 1. The molecule has 1 N–H and O–H groups in total. The number of benzene rings is 1. The van der Waals surface area contributed by atoms with Crippen LogP contribution in [0.2, 0.25) is 0 Å². The van der Waals surface area contributed by atoms with Crippen LogP contribution >= 0.6 is 27.3 Å². The average molecular weight is 395 g/mol. The Bertz CT molecular complexity index is 686. The molecular formula is C17H19BrN2O2S. The van der Waals surface area contributed by atoms with Crippen molar-refractivity contribution in [2.45, 2.75) is 25.8 Å². The zero-order chi connectivity index (χ0) is 16.4. The van der Waals surface area contributed by atoms with Crippen molar-refractivity contribution >= 4 is 33.2 Å². The van der Waals surface area contributed by atoms with Gasteiger partial charge in [-0.05, 0) is 24.1 Å². The van der Waals surface area contributed by atoms with Crippen LogP contribution in [0, 0.1) is 5.92 Å². The van der Waals surface area contributed by atoms with Crippen LogP contribution in [-0.4, -0.2) is 34.0 Å². The van der Waals surface area contributed by atoms with Crippen molar-refractivity contribution in [2.24, 2.45) is 5.92 Å². The van der Waals surface area contributed by atoms with Gasteiger partial charge in [0.15, 0.2) is 0 Å². The molecule has 0 unspecified atom stereocenters. The number of thiazole rings is 1. The van der Waals surface area contributed by atoms with E-state index in [1.807, 2.05) is 24.3 Å². The first kappa shape index (κ1) is 16.6. The molecule has 2 atom stereocenters. The summed E-state index contributed by atoms with van der Waals surface area (Å²) in [5.41, 5.74) is 2.14. The molecule has 0 saturated carbocycles. The Labute approximate surface area is 148 Å². The summed E-state index contributed by atoms with van der Waals surface area (Å²) in [6, 6.07) is 7.99. The van der Waals surface area contributed by atoms with E-state index in [9.17, 15) is 9.90 Å². The van der Waals surface area contributed by atoms with Gasteiger partial charge in [-0.25, -0.2) is 4.98 Å². The van der Waals surface area contributed by atoms with Gasteiger partial charge in [-0.1, -0.05) is 35.0 Å². The molecule has 4 nitrogen and oxygen atoms in total. The number of halogens is 1. The average Bonchev–Trinajstić information content (AvgIpc) is 3.15. The third-order valence-corrected chi connectivity index (χ3v) is 5.87. The van der Waals surface area contributed by atoms with E-state index in [1.54, 1.807) is 11.3 Å². The monoisotopic (exact) mass is 394 g/mol. The molecule has 122 valence electrons. The molecule has 3 rings (SSSR count). The molecule has 1 saturated heterocycles. The van der Waals surface area contributed by atoms with Crippen molar-refractivity contribution in [3.05, 3.63) is 50.4 Å². The number of likely N-dealkylation sites (tertiary alicyclic amines) is 1. The number of carbonyl (C=O) groups is 1. The predicted octanol–water partition coefficient (Wildman–Crippen LogP) is 3.77. The second-order valence-electron chi connectivity index (χ2n) is 5.88. The number of rotatable bonds is 5. The van der Waals surface area contributed by atoms with Crippen molar-refractivity contribution < 1.29 is 9.90 Å². The molecule has 0 spiro atoms. The van der Waals surface area contributed by atoms with Crippen LogP contribution < -0.4 is 0 Å². The fraction of sp³-hybridized carbons (Fsp3) is 0.412. The molecule has 0 bridgehead atoms. The molecule has 0 aliphatic carbocycles. The minimum Gasteiger partial charge on any atom is -0.481 e. The number of hydrogen-bond donors (Lipinski definition) is 1. The van der Waals surface area contributed by atoms with Gasteiger partial charge in [0.1, 0.15) is 0 Å². The largest absolute Gasteiger partial charge is 0.481 e. The standard InChI is InChI=1S/C17H19BrN2O2S/c1-2-16-19-13(10-23-16)7-20-8-14(15(9-20)17(21)22)11-3-5-12(18)6-4-11/h3-6,10,14-15H,2,7-9H2,1H3,(H,21,22)/t14-,15+/m0/s1. The van der Waals surface area contributed by atoms with Gasteiger partial charge < -0.3 is 5.11 Å². The smallest absolute Gasteiger partial charge is 0.308 e. The van der Waals surface area contributed by atoms with E-state index >= 15 is 0 Å². The lowest BCUT2D eigenvalue weighted by Gasteiger charge is -2.15. The maximum Gasteiger partial charge on any atom is 0.308 e. The van der Waals surface area contributed by atoms with E-state index in [0.717, 1.165) is 40.2 Å². The van der Waals surface area contributed by atoms with E-state index in [1.165, 1.54) is 0 Å². The number of nitrogens with zero attached hydrogens (tertiary/aromatic N) is 2. The van der Waals surface area contributed by atoms with Gasteiger partial charge in [0.25, 0.3) is 0 Å². The minimum atomic E-state index is -0.715. The summed E-state index contributed by atoms with van der Waals surface area (Å²) in [4.78, 5) is 18.5. The topological polar surface area (TPSA) is 53.4 Å². The van der Waals surface area contributed by atoms with Crippen LogP contribution in [0.3, 0.4) is 0 Å². The van der Waals surface area contributed by atoms with Crippen LogP contribution in [0.15, 0.2) is 34.1 Å². The molecule has 2 aromatic rings. The molecule has 1 aliphatic heterocycles. The lowest BCUT2D eigenvalue weighted by Crippen LogP contribution is -2.23. The van der Waals surface area contributed by atoms with Crippen molar-refractivity contribution in [1.82, 2.24) is 9.88 Å². The number of aliphatic carboxylic acids is 1. The highest BCUT2D eigenvalue weighted by atomic mass is 79.9. The van der Waals surface area contributed by atoms with Crippen LogP contribution in [-0.2, 0) is 17.8 Å². The summed E-state index contributed by atoms with van der Waals surface area (Å²) >= 11 is 5.11. The summed E-state index contributed by atoms with van der Waals surface area (Å²) in [5, 5.41) is 12.8. The predicted molar refractivity (Wildman–Crippen MR) is 94.8 cm³/mol. The Morgan fingerprint density at radius 1 is 1.39 bits per heavy atom. The van der Waals surface area contributed by atoms with Crippen molar-refractivity contribution in [2.75, 3.05) is 13.1 Å². The van der Waals surface area contributed by atoms with Crippen LogP contribution in [0.25, 0.3) is 0 Å². The Hall–Kier alpha value is -1.24. The third-order valence-electron chi connectivity index (χ3n) is 4.30. The Morgan fingerprint density at radius 2 is 2.13 bits per heavy atom. The zero-order valence-electron chi connectivity index (χ0n) is 12.9. The normalized spacial score (nSPS) is 21.7. The lowest BCUT2D eigenvalue weighted by molar-refractivity contribution is -0.141. The second kappa shape index (κ2) is 7.11. The third kappa shape index (κ3) is 3.82. The SMILES string of the molecule is CCc1nc(CN2C[C@@H](C(=O)O)[C@H](c3ccc(Br)cc3)C2)cs1. The maximum absolute atomic E-state index is 11.7. The Balaban J connectivity index is 1.75. The lowest BCUT2D eigenvalue weighted by atomic mass is 9.89. The summed E-state index contributed by atoms with van der Waals surface area (Å²) in [6.45, 7) is 4.17. The van der Waals surface area contributed by atoms with Crippen molar-refractivity contribution in [1.29, 1.82) is 0 Å². The zero-order valence-corrected chi connectivity index (χ0v) is 15.3. The van der Waals surface area contributed by atoms with E-state index in [0.29, 0.717) is 6.54 Å². The Morgan fingerprint density at radius 3 is 2.74 bits per heavy atom. The quantitative estimate of drug-likeness (QED) is 0.838. The first-order chi connectivity index (χ1) is 11.1.